The summed E-state index contributed by atoms with van der Waals surface area (Å²) in [5, 5.41) is 0. The van der Waals surface area contributed by atoms with E-state index in [0.29, 0.717) is 28.4 Å². The van der Waals surface area contributed by atoms with Gasteiger partial charge in [0.1, 0.15) is 0 Å². The number of H-pyrrole nitrogens is 1. The number of benzene rings is 1. The minimum Gasteiger partial charge on any atom is -0.493 e. The fourth-order valence-corrected chi connectivity index (χ4v) is 2.18. The molecule has 0 saturated heterocycles. The number of nitrogens with one attached hydrogen (secondary N) is 1. The van der Waals surface area contributed by atoms with Crippen LogP contribution in [0.2, 0.25) is 0 Å². The van der Waals surface area contributed by atoms with Gasteiger partial charge in [0.15, 0.2) is 17.3 Å². The van der Waals surface area contributed by atoms with Crippen molar-refractivity contribution in [1.29, 1.82) is 0 Å². The van der Waals surface area contributed by atoms with Crippen molar-refractivity contribution in [3.63, 3.8) is 0 Å². The van der Waals surface area contributed by atoms with Crippen molar-refractivity contribution in [2.45, 2.75) is 6.92 Å². The van der Waals surface area contributed by atoms with Crippen LogP contribution in [0.4, 0.5) is 0 Å². The molecule has 0 aliphatic rings. The van der Waals surface area contributed by atoms with Gasteiger partial charge in [-0.3, -0.25) is 4.79 Å². The lowest BCUT2D eigenvalue weighted by molar-refractivity contribution is 0.103. The summed E-state index contributed by atoms with van der Waals surface area (Å²) in [5.41, 5.74) is 2.05. The van der Waals surface area contributed by atoms with E-state index in [1.165, 1.54) is 21.3 Å². The second-order valence-corrected chi connectivity index (χ2v) is 4.71. The smallest absolute Gasteiger partial charge is 0.203 e. The molecule has 2 aromatic rings. The Morgan fingerprint density at radius 2 is 1.73 bits per heavy atom. The molecule has 0 unspecified atom stereocenters. The van der Waals surface area contributed by atoms with Crippen LogP contribution in [0.15, 0.2) is 36.2 Å². The SMILES string of the molecule is COc1cc(C(=O)C(C)=Cc2cc[nH]c2)cc(OC)c1OC. The number of Topliss-reactive ketones (excluding diaryl/α,β-unsaturated/α-hetero) is 1. The number of hydrogen-bond donors (Lipinski definition) is 1. The fraction of sp³-hybridized carbons (Fsp3) is 0.235. The number of ether oxygens (including phenoxy) is 3. The molecule has 1 N–H and O–H groups in total. The molecule has 0 aliphatic heterocycles. The molecule has 0 bridgehead atoms. The van der Waals surface area contributed by atoms with E-state index >= 15 is 0 Å². The minimum absolute atomic E-state index is 0.0968. The molecule has 0 fully saturated rings. The van der Waals surface area contributed by atoms with Crippen LogP contribution in [0.1, 0.15) is 22.8 Å². The van der Waals surface area contributed by atoms with Crippen molar-refractivity contribution >= 4 is 11.9 Å². The second-order valence-electron chi connectivity index (χ2n) is 4.71. The standard InChI is InChI=1S/C17H19NO4/c1-11(7-12-5-6-18-10-12)16(19)13-8-14(20-2)17(22-4)15(9-13)21-3/h5-10,18H,1-4H3. The summed E-state index contributed by atoms with van der Waals surface area (Å²) in [6.45, 7) is 1.78. The van der Waals surface area contributed by atoms with E-state index < -0.39 is 0 Å². The Morgan fingerprint density at radius 1 is 1.09 bits per heavy atom. The Kier molecular flexibility index (Phi) is 4.88. The number of aromatic nitrogens is 1. The molecule has 1 heterocycles. The molecule has 0 spiro atoms. The maximum atomic E-state index is 12.6. The number of ketones is 1. The van der Waals surface area contributed by atoms with E-state index in [4.69, 9.17) is 14.2 Å². The third-order valence-electron chi connectivity index (χ3n) is 3.29. The van der Waals surface area contributed by atoms with Gasteiger partial charge in [0.25, 0.3) is 0 Å². The molecule has 0 radical (unpaired) electrons. The highest BCUT2D eigenvalue weighted by molar-refractivity contribution is 6.11. The molecule has 0 aliphatic carbocycles. The van der Waals surface area contributed by atoms with E-state index in [9.17, 15) is 4.79 Å². The van der Waals surface area contributed by atoms with Crippen LogP contribution in [0.5, 0.6) is 17.2 Å². The largest absolute Gasteiger partial charge is 0.493 e. The van der Waals surface area contributed by atoms with E-state index in [0.717, 1.165) is 5.56 Å². The van der Waals surface area contributed by atoms with Gasteiger partial charge in [-0.15, -0.1) is 0 Å². The molecule has 22 heavy (non-hydrogen) atoms. The average molecular weight is 301 g/mol. The van der Waals surface area contributed by atoms with Crippen molar-refractivity contribution in [2.24, 2.45) is 0 Å². The van der Waals surface area contributed by atoms with Crippen LogP contribution in [0, 0.1) is 0 Å². The van der Waals surface area contributed by atoms with Gasteiger partial charge in [-0.25, -0.2) is 0 Å². The summed E-state index contributed by atoms with van der Waals surface area (Å²) >= 11 is 0. The topological polar surface area (TPSA) is 60.6 Å². The lowest BCUT2D eigenvalue weighted by atomic mass is 10.0. The van der Waals surface area contributed by atoms with Crippen molar-refractivity contribution in [3.8, 4) is 17.2 Å². The minimum atomic E-state index is -0.0968. The monoisotopic (exact) mass is 301 g/mol. The summed E-state index contributed by atoms with van der Waals surface area (Å²) in [6.07, 6.45) is 5.46. The number of carbonyl (C=O) groups is 1. The molecule has 1 aromatic heterocycles. The summed E-state index contributed by atoms with van der Waals surface area (Å²) in [4.78, 5) is 15.5. The van der Waals surface area contributed by atoms with E-state index in [1.807, 2.05) is 24.5 Å². The molecule has 2 rings (SSSR count). The Balaban J connectivity index is 2.41. The predicted octanol–water partition coefficient (Wildman–Crippen LogP) is 3.33. The molecule has 0 amide bonds. The fourth-order valence-electron chi connectivity index (χ4n) is 2.18. The normalized spacial score (nSPS) is 11.2. The first kappa shape index (κ1) is 15.7. The Bertz CT molecular complexity index is 662. The molecular weight excluding hydrogens is 282 g/mol. The van der Waals surface area contributed by atoms with Gasteiger partial charge in [0.2, 0.25) is 5.75 Å². The second kappa shape index (κ2) is 6.85. The number of methoxy groups -OCH3 is 3. The first-order valence-electron chi connectivity index (χ1n) is 6.76. The molecule has 5 heteroatoms. The predicted molar refractivity (Wildman–Crippen MR) is 84.9 cm³/mol. The van der Waals surface area contributed by atoms with Crippen LogP contribution in [0.3, 0.4) is 0 Å². The Labute approximate surface area is 129 Å². The molecule has 0 saturated carbocycles. The molecule has 1 aromatic carbocycles. The Morgan fingerprint density at radius 3 is 2.18 bits per heavy atom. The van der Waals surface area contributed by atoms with Crippen LogP contribution in [-0.4, -0.2) is 32.1 Å². The number of rotatable bonds is 6. The van der Waals surface area contributed by atoms with Crippen LogP contribution < -0.4 is 14.2 Å². The van der Waals surface area contributed by atoms with Crippen LogP contribution >= 0.6 is 0 Å². The van der Waals surface area contributed by atoms with Gasteiger partial charge in [-0.1, -0.05) is 0 Å². The average Bonchev–Trinajstić information content (AvgIpc) is 3.05. The molecule has 5 nitrogen and oxygen atoms in total. The van der Waals surface area contributed by atoms with E-state index in [-0.39, 0.29) is 5.78 Å². The van der Waals surface area contributed by atoms with Crippen molar-refractivity contribution < 1.29 is 19.0 Å². The summed E-state index contributed by atoms with van der Waals surface area (Å²) in [5.74, 6) is 1.29. The highest BCUT2D eigenvalue weighted by atomic mass is 16.5. The summed E-state index contributed by atoms with van der Waals surface area (Å²) < 4.78 is 15.8. The van der Waals surface area contributed by atoms with Crippen LogP contribution in [0.25, 0.3) is 6.08 Å². The van der Waals surface area contributed by atoms with Gasteiger partial charge in [0, 0.05) is 18.0 Å². The number of aromatic amines is 1. The van der Waals surface area contributed by atoms with Crippen LogP contribution in [-0.2, 0) is 0 Å². The molecular formula is C17H19NO4. The van der Waals surface area contributed by atoms with E-state index in [2.05, 4.69) is 4.98 Å². The third kappa shape index (κ3) is 3.14. The highest BCUT2D eigenvalue weighted by Gasteiger charge is 2.17. The van der Waals surface area contributed by atoms with Gasteiger partial charge < -0.3 is 19.2 Å². The lowest BCUT2D eigenvalue weighted by Gasteiger charge is -2.13. The number of hydrogen-bond acceptors (Lipinski definition) is 4. The van der Waals surface area contributed by atoms with Gasteiger partial charge in [-0.2, -0.15) is 0 Å². The number of allylic oxidation sites excluding steroid dienone is 1. The van der Waals surface area contributed by atoms with Crippen molar-refractivity contribution in [3.05, 3.63) is 47.3 Å². The van der Waals surface area contributed by atoms with Gasteiger partial charge >= 0.3 is 0 Å². The van der Waals surface area contributed by atoms with E-state index in [1.54, 1.807) is 19.1 Å². The number of carbonyl (C=O) groups excluding carboxylic acids is 1. The van der Waals surface area contributed by atoms with Gasteiger partial charge in [0.05, 0.1) is 21.3 Å². The molecule has 116 valence electrons. The van der Waals surface area contributed by atoms with Crippen molar-refractivity contribution in [1.82, 2.24) is 4.98 Å². The maximum absolute atomic E-state index is 12.6. The van der Waals surface area contributed by atoms with Gasteiger partial charge in [-0.05, 0) is 42.3 Å². The molecule has 0 atom stereocenters. The zero-order valence-corrected chi connectivity index (χ0v) is 13.1. The van der Waals surface area contributed by atoms with Crippen molar-refractivity contribution in [2.75, 3.05) is 21.3 Å². The maximum Gasteiger partial charge on any atom is 0.203 e. The first-order chi connectivity index (χ1) is 10.6. The first-order valence-corrected chi connectivity index (χ1v) is 6.76. The third-order valence-corrected chi connectivity index (χ3v) is 3.29. The zero-order chi connectivity index (χ0) is 16.1. The summed E-state index contributed by atoms with van der Waals surface area (Å²) in [7, 11) is 4.57. The zero-order valence-electron chi connectivity index (χ0n) is 13.1. The quantitative estimate of drug-likeness (QED) is 0.657. The summed E-state index contributed by atoms with van der Waals surface area (Å²) in [6, 6.07) is 5.20. The lowest BCUT2D eigenvalue weighted by Crippen LogP contribution is -2.03. The highest BCUT2D eigenvalue weighted by Crippen LogP contribution is 2.38. The Hall–Kier alpha value is -2.69.